The molecule has 1 atom stereocenters. The van der Waals surface area contributed by atoms with Crippen LogP contribution in [-0.2, 0) is 4.79 Å². The normalized spacial score (nSPS) is 18.6. The molecule has 1 aliphatic heterocycles. The van der Waals surface area contributed by atoms with E-state index < -0.39 is 5.97 Å². The molecule has 1 saturated heterocycles. The van der Waals surface area contributed by atoms with Crippen molar-refractivity contribution in [3.05, 3.63) is 18.0 Å². The van der Waals surface area contributed by atoms with Crippen molar-refractivity contribution in [1.29, 1.82) is 5.26 Å². The largest absolute Gasteiger partial charge is 0.480 e. The molecule has 0 aromatic carbocycles. The molecule has 0 aliphatic carbocycles. The van der Waals surface area contributed by atoms with Crippen molar-refractivity contribution in [2.75, 3.05) is 31.1 Å². The quantitative estimate of drug-likeness (QED) is 0.793. The van der Waals surface area contributed by atoms with E-state index in [0.29, 0.717) is 24.1 Å². The molecular formula is C13H17N5O2. The second-order valence-electron chi connectivity index (χ2n) is 4.83. The van der Waals surface area contributed by atoms with E-state index in [9.17, 15) is 4.79 Å². The Morgan fingerprint density at radius 3 is 3.25 bits per heavy atom. The van der Waals surface area contributed by atoms with E-state index in [2.05, 4.69) is 20.2 Å². The molecule has 2 rings (SSSR count). The van der Waals surface area contributed by atoms with E-state index in [1.165, 1.54) is 0 Å². The third kappa shape index (κ3) is 3.90. The van der Waals surface area contributed by atoms with E-state index in [4.69, 9.17) is 10.4 Å². The Morgan fingerprint density at radius 2 is 2.50 bits per heavy atom. The summed E-state index contributed by atoms with van der Waals surface area (Å²) < 4.78 is 0. The second-order valence-corrected chi connectivity index (χ2v) is 4.83. The summed E-state index contributed by atoms with van der Waals surface area (Å²) in [6.07, 6.45) is 3.66. The van der Waals surface area contributed by atoms with Crippen LogP contribution in [0.2, 0.25) is 0 Å². The fourth-order valence-corrected chi connectivity index (χ4v) is 2.36. The van der Waals surface area contributed by atoms with Gasteiger partial charge in [0, 0.05) is 25.8 Å². The number of carbonyl (C=O) groups is 1. The fraction of sp³-hybridized carbons (Fsp3) is 0.538. The zero-order valence-electron chi connectivity index (χ0n) is 11.1. The number of anilines is 1. The molecule has 106 valence electrons. The van der Waals surface area contributed by atoms with Gasteiger partial charge < -0.3 is 15.3 Å². The maximum absolute atomic E-state index is 10.5. The Morgan fingerprint density at radius 1 is 1.65 bits per heavy atom. The smallest absolute Gasteiger partial charge is 0.317 e. The van der Waals surface area contributed by atoms with Gasteiger partial charge in [0.15, 0.2) is 0 Å². The second kappa shape index (κ2) is 6.82. The van der Waals surface area contributed by atoms with E-state index in [1.807, 2.05) is 6.07 Å². The van der Waals surface area contributed by atoms with Crippen LogP contribution in [0.3, 0.4) is 0 Å². The first kappa shape index (κ1) is 14.2. The highest BCUT2D eigenvalue weighted by atomic mass is 16.4. The number of nitriles is 1. The molecule has 0 radical (unpaired) electrons. The van der Waals surface area contributed by atoms with Gasteiger partial charge in [0.1, 0.15) is 11.8 Å². The van der Waals surface area contributed by atoms with Gasteiger partial charge >= 0.3 is 5.97 Å². The molecule has 0 bridgehead atoms. The summed E-state index contributed by atoms with van der Waals surface area (Å²) in [6.45, 7) is 2.30. The third-order valence-corrected chi connectivity index (χ3v) is 3.27. The standard InChI is InChI=1S/C13H17N5O2/c14-6-11-3-4-16-13(17-11)18-5-1-2-10(9-18)7-15-8-12(19)20/h3-4,10,15H,1-2,5,7-9H2,(H,19,20). The Balaban J connectivity index is 1.92. The van der Waals surface area contributed by atoms with Gasteiger partial charge in [-0.1, -0.05) is 0 Å². The molecule has 1 unspecified atom stereocenters. The van der Waals surface area contributed by atoms with Crippen LogP contribution in [0.5, 0.6) is 0 Å². The molecule has 20 heavy (non-hydrogen) atoms. The van der Waals surface area contributed by atoms with Crippen LogP contribution in [0, 0.1) is 17.2 Å². The lowest BCUT2D eigenvalue weighted by Crippen LogP contribution is -2.41. The molecule has 7 nitrogen and oxygen atoms in total. The monoisotopic (exact) mass is 275 g/mol. The van der Waals surface area contributed by atoms with Gasteiger partial charge in [0.2, 0.25) is 5.95 Å². The Labute approximate surface area is 117 Å². The first-order valence-corrected chi connectivity index (χ1v) is 6.59. The van der Waals surface area contributed by atoms with Crippen molar-refractivity contribution in [3.63, 3.8) is 0 Å². The third-order valence-electron chi connectivity index (χ3n) is 3.27. The molecule has 1 aromatic rings. The number of aromatic nitrogens is 2. The summed E-state index contributed by atoms with van der Waals surface area (Å²) in [4.78, 5) is 20.9. The maximum atomic E-state index is 10.5. The van der Waals surface area contributed by atoms with Crippen molar-refractivity contribution in [2.24, 2.45) is 5.92 Å². The van der Waals surface area contributed by atoms with Gasteiger partial charge in [-0.05, 0) is 24.8 Å². The molecule has 7 heteroatoms. The lowest BCUT2D eigenvalue weighted by molar-refractivity contribution is -0.136. The molecule has 1 aliphatic rings. The average molecular weight is 275 g/mol. The molecule has 1 aromatic heterocycles. The zero-order valence-corrected chi connectivity index (χ0v) is 11.1. The van der Waals surface area contributed by atoms with Crippen molar-refractivity contribution in [1.82, 2.24) is 15.3 Å². The van der Waals surface area contributed by atoms with E-state index in [-0.39, 0.29) is 6.54 Å². The minimum absolute atomic E-state index is 0.0169. The highest BCUT2D eigenvalue weighted by molar-refractivity contribution is 5.68. The van der Waals surface area contributed by atoms with Crippen molar-refractivity contribution >= 4 is 11.9 Å². The SMILES string of the molecule is N#Cc1ccnc(N2CCCC(CNCC(=O)O)C2)n1. The number of piperidine rings is 1. The molecule has 0 spiro atoms. The predicted octanol–water partition coefficient (Wildman–Crippen LogP) is 0.239. The van der Waals surface area contributed by atoms with E-state index in [0.717, 1.165) is 25.9 Å². The Kier molecular flexibility index (Phi) is 4.85. The highest BCUT2D eigenvalue weighted by Crippen LogP contribution is 2.19. The van der Waals surface area contributed by atoms with Gasteiger partial charge in [0.05, 0.1) is 6.54 Å². The predicted molar refractivity (Wildman–Crippen MR) is 72.2 cm³/mol. The molecule has 0 amide bonds. The van der Waals surface area contributed by atoms with Gasteiger partial charge in [0.25, 0.3) is 0 Å². The van der Waals surface area contributed by atoms with Crippen molar-refractivity contribution in [2.45, 2.75) is 12.8 Å². The minimum Gasteiger partial charge on any atom is -0.480 e. The minimum atomic E-state index is -0.845. The van der Waals surface area contributed by atoms with Crippen LogP contribution < -0.4 is 10.2 Å². The molecule has 2 N–H and O–H groups in total. The van der Waals surface area contributed by atoms with Crippen LogP contribution in [0.15, 0.2) is 12.3 Å². The number of nitrogens with one attached hydrogen (secondary N) is 1. The van der Waals surface area contributed by atoms with Gasteiger partial charge in [-0.15, -0.1) is 0 Å². The summed E-state index contributed by atoms with van der Waals surface area (Å²) in [5.74, 6) is 0.104. The molecular weight excluding hydrogens is 258 g/mol. The summed E-state index contributed by atoms with van der Waals surface area (Å²) in [7, 11) is 0. The lowest BCUT2D eigenvalue weighted by atomic mass is 9.98. The van der Waals surface area contributed by atoms with Crippen LogP contribution in [0.4, 0.5) is 5.95 Å². The summed E-state index contributed by atoms with van der Waals surface area (Å²) >= 11 is 0. The van der Waals surface area contributed by atoms with E-state index in [1.54, 1.807) is 12.3 Å². The fourth-order valence-electron chi connectivity index (χ4n) is 2.36. The van der Waals surface area contributed by atoms with Crippen LogP contribution in [-0.4, -0.2) is 47.2 Å². The van der Waals surface area contributed by atoms with E-state index >= 15 is 0 Å². The first-order valence-electron chi connectivity index (χ1n) is 6.59. The maximum Gasteiger partial charge on any atom is 0.317 e. The average Bonchev–Trinajstić information content (AvgIpc) is 2.47. The summed E-state index contributed by atoms with van der Waals surface area (Å²) in [5, 5.41) is 20.4. The van der Waals surface area contributed by atoms with Gasteiger partial charge in [-0.2, -0.15) is 5.26 Å². The lowest BCUT2D eigenvalue weighted by Gasteiger charge is -2.32. The zero-order chi connectivity index (χ0) is 14.4. The topological polar surface area (TPSA) is 102 Å². The molecule has 1 fully saturated rings. The van der Waals surface area contributed by atoms with Crippen molar-refractivity contribution in [3.8, 4) is 6.07 Å². The highest BCUT2D eigenvalue weighted by Gasteiger charge is 2.21. The molecule has 2 heterocycles. The van der Waals surface area contributed by atoms with Gasteiger partial charge in [-0.25, -0.2) is 9.97 Å². The summed E-state index contributed by atoms with van der Waals surface area (Å²) in [5.41, 5.74) is 0.362. The number of hydrogen-bond acceptors (Lipinski definition) is 6. The Hall–Kier alpha value is -2.20. The number of carboxylic acids is 1. The summed E-state index contributed by atoms with van der Waals surface area (Å²) in [6, 6.07) is 3.59. The van der Waals surface area contributed by atoms with Crippen LogP contribution in [0.1, 0.15) is 18.5 Å². The number of aliphatic carboxylic acids is 1. The number of carboxylic acid groups (broad SMARTS) is 1. The number of rotatable bonds is 5. The van der Waals surface area contributed by atoms with Crippen molar-refractivity contribution < 1.29 is 9.90 Å². The van der Waals surface area contributed by atoms with Crippen LogP contribution >= 0.6 is 0 Å². The van der Waals surface area contributed by atoms with Crippen LogP contribution in [0.25, 0.3) is 0 Å². The first-order chi connectivity index (χ1) is 9.69. The number of hydrogen-bond donors (Lipinski definition) is 2. The van der Waals surface area contributed by atoms with Gasteiger partial charge in [-0.3, -0.25) is 4.79 Å². The molecule has 0 saturated carbocycles. The number of nitrogens with zero attached hydrogens (tertiary/aromatic N) is 4. The Bertz CT molecular complexity index is 514.